The zero-order valence-electron chi connectivity index (χ0n) is 17.3. The van der Waals surface area contributed by atoms with Gasteiger partial charge in [-0.05, 0) is 43.6 Å². The van der Waals surface area contributed by atoms with Crippen LogP contribution in [0, 0.1) is 25.1 Å². The molecule has 24 heavy (non-hydrogen) atoms. The lowest BCUT2D eigenvalue weighted by molar-refractivity contribution is -0.660. The third-order valence-electron chi connectivity index (χ3n) is 4.30. The lowest BCUT2D eigenvalue weighted by Crippen LogP contribution is -2.31. The predicted molar refractivity (Wildman–Crippen MR) is 94.5 cm³/mol. The van der Waals surface area contributed by atoms with E-state index < -0.39 is 6.85 Å². The molecule has 0 fully saturated rings. The Kier molecular flexibility index (Phi) is 2.30. The first kappa shape index (κ1) is 10.6. The summed E-state index contributed by atoms with van der Waals surface area (Å²) < 4.78 is 38.9. The minimum absolute atomic E-state index is 0.00634. The first-order valence-corrected chi connectivity index (χ1v) is 7.58. The highest BCUT2D eigenvalue weighted by molar-refractivity contribution is 6.10. The van der Waals surface area contributed by atoms with Gasteiger partial charge in [0.25, 0.3) is 0 Å². The Morgan fingerprint density at radius 3 is 2.88 bits per heavy atom. The molecule has 4 rings (SSSR count). The van der Waals surface area contributed by atoms with E-state index in [4.69, 9.17) is 9.90 Å². The fourth-order valence-electron chi connectivity index (χ4n) is 3.12. The van der Waals surface area contributed by atoms with Crippen molar-refractivity contribution in [3.05, 3.63) is 65.3 Å². The van der Waals surface area contributed by atoms with E-state index in [0.717, 1.165) is 21.9 Å². The van der Waals surface area contributed by atoms with E-state index >= 15 is 0 Å². The van der Waals surface area contributed by atoms with Crippen LogP contribution in [0.15, 0.2) is 53.1 Å². The van der Waals surface area contributed by atoms with E-state index in [9.17, 15) is 5.26 Å². The van der Waals surface area contributed by atoms with Crippen molar-refractivity contribution in [2.24, 2.45) is 7.05 Å². The van der Waals surface area contributed by atoms with Gasteiger partial charge in [-0.15, -0.1) is 0 Å². The molecule has 0 bridgehead atoms. The lowest BCUT2D eigenvalue weighted by Gasteiger charge is -2.05. The molecule has 2 aromatic carbocycles. The summed E-state index contributed by atoms with van der Waals surface area (Å²) in [4.78, 5) is 0. The summed E-state index contributed by atoms with van der Waals surface area (Å²) in [5.41, 5.74) is 4.34. The molecule has 0 amide bonds. The van der Waals surface area contributed by atoms with Gasteiger partial charge >= 0.3 is 0 Å². The molecule has 0 spiro atoms. The topological polar surface area (TPSA) is 40.8 Å². The number of hydrogen-bond donors (Lipinski definition) is 0. The van der Waals surface area contributed by atoms with Crippen LogP contribution in [-0.2, 0) is 7.05 Å². The second kappa shape index (κ2) is 5.21. The summed E-state index contributed by atoms with van der Waals surface area (Å²) >= 11 is 0. The zero-order chi connectivity index (χ0) is 20.2. The van der Waals surface area contributed by atoms with Gasteiger partial charge in [-0.1, -0.05) is 12.1 Å². The van der Waals surface area contributed by atoms with Crippen LogP contribution < -0.4 is 4.57 Å². The second-order valence-corrected chi connectivity index (χ2v) is 5.89. The van der Waals surface area contributed by atoms with Gasteiger partial charge in [-0.3, -0.25) is 0 Å². The molecule has 0 atom stereocenters. The monoisotopic (exact) mass is 317 g/mol. The Morgan fingerprint density at radius 1 is 1.21 bits per heavy atom. The summed E-state index contributed by atoms with van der Waals surface area (Å²) in [7, 11) is 1.76. The molecule has 0 saturated heterocycles. The average Bonchev–Trinajstić information content (AvgIpc) is 3.00. The van der Waals surface area contributed by atoms with Crippen LogP contribution in [0.1, 0.15) is 22.2 Å². The normalized spacial score (nSPS) is 14.0. The number of pyridine rings is 1. The number of furan rings is 1. The van der Waals surface area contributed by atoms with Crippen LogP contribution in [-0.4, -0.2) is 0 Å². The molecule has 116 valence electrons. The maximum atomic E-state index is 9.19. The summed E-state index contributed by atoms with van der Waals surface area (Å²) in [6.07, 6.45) is 1.49. The molecule has 0 aliphatic heterocycles. The van der Waals surface area contributed by atoms with Crippen molar-refractivity contribution in [1.29, 1.82) is 5.26 Å². The molecule has 3 heteroatoms. The van der Waals surface area contributed by atoms with E-state index in [0.29, 0.717) is 22.4 Å². The summed E-state index contributed by atoms with van der Waals surface area (Å²) in [5.74, 6) is 0. The van der Waals surface area contributed by atoms with Crippen molar-refractivity contribution in [2.45, 2.75) is 13.8 Å². The van der Waals surface area contributed by atoms with Gasteiger partial charge < -0.3 is 4.42 Å². The van der Waals surface area contributed by atoms with Gasteiger partial charge in [-0.2, -0.15) is 5.26 Å². The molecule has 0 aliphatic carbocycles. The summed E-state index contributed by atoms with van der Waals surface area (Å²) in [6.45, 7) is -0.397. The first-order valence-electron chi connectivity index (χ1n) is 9.58. The van der Waals surface area contributed by atoms with Crippen LogP contribution in [0.3, 0.4) is 0 Å². The van der Waals surface area contributed by atoms with Crippen molar-refractivity contribution in [1.82, 2.24) is 0 Å². The lowest BCUT2D eigenvalue weighted by atomic mass is 10.00. The van der Waals surface area contributed by atoms with E-state index in [-0.39, 0.29) is 11.6 Å². The van der Waals surface area contributed by atoms with Crippen molar-refractivity contribution in [2.75, 3.05) is 0 Å². The van der Waals surface area contributed by atoms with Crippen LogP contribution in [0.5, 0.6) is 0 Å². The van der Waals surface area contributed by atoms with Gasteiger partial charge in [0.1, 0.15) is 18.2 Å². The maximum absolute atomic E-state index is 9.19. The fourth-order valence-corrected chi connectivity index (χ4v) is 3.12. The number of rotatable bonds is 1. The van der Waals surface area contributed by atoms with E-state index in [2.05, 4.69) is 6.07 Å². The standard InChI is InChI=1S/C21H17N2O/c1-13-4-8-18(23(3)12-13)20-14(2)5-7-16-17-10-15(11-22)6-9-19(17)24-21(16)20/h4-10,12H,1-3H3/q+1/i1D3,4D. The van der Waals surface area contributed by atoms with Crippen molar-refractivity contribution in [3.63, 3.8) is 0 Å². The van der Waals surface area contributed by atoms with Crippen molar-refractivity contribution >= 4 is 21.9 Å². The minimum Gasteiger partial charge on any atom is -0.455 e. The van der Waals surface area contributed by atoms with Crippen LogP contribution in [0.4, 0.5) is 0 Å². The quantitative estimate of drug-likeness (QED) is 0.483. The number of nitriles is 1. The van der Waals surface area contributed by atoms with E-state index in [1.807, 2.05) is 19.1 Å². The molecule has 0 unspecified atom stereocenters. The highest BCUT2D eigenvalue weighted by Crippen LogP contribution is 2.37. The van der Waals surface area contributed by atoms with Crippen LogP contribution in [0.25, 0.3) is 33.2 Å². The fraction of sp³-hybridized carbons (Fsp3) is 0.143. The zero-order valence-corrected chi connectivity index (χ0v) is 13.3. The van der Waals surface area contributed by atoms with Gasteiger partial charge in [0.2, 0.25) is 5.69 Å². The van der Waals surface area contributed by atoms with Crippen LogP contribution >= 0.6 is 0 Å². The predicted octanol–water partition coefficient (Wildman–Crippen LogP) is 4.57. The van der Waals surface area contributed by atoms with Gasteiger partial charge in [0, 0.05) is 26.5 Å². The number of fused-ring (bicyclic) bond motifs is 3. The van der Waals surface area contributed by atoms with Gasteiger partial charge in [-0.25, -0.2) is 4.57 Å². The number of nitrogens with zero attached hydrogens (tertiary/aromatic N) is 2. The molecule has 2 aromatic heterocycles. The number of hydrogen-bond acceptors (Lipinski definition) is 2. The highest BCUT2D eigenvalue weighted by atomic mass is 16.3. The Bertz CT molecular complexity index is 1300. The number of benzene rings is 2. The third kappa shape index (κ3) is 2.08. The average molecular weight is 317 g/mol. The van der Waals surface area contributed by atoms with E-state index in [1.54, 1.807) is 35.9 Å². The van der Waals surface area contributed by atoms with Crippen molar-refractivity contribution < 1.29 is 14.5 Å². The largest absolute Gasteiger partial charge is 0.455 e. The number of aryl methyl sites for hydroxylation is 3. The molecular weight excluding hydrogens is 296 g/mol. The van der Waals surface area contributed by atoms with E-state index in [1.165, 1.54) is 6.20 Å². The SMILES string of the molecule is [2H]c1cc(-c2c(C)ccc3c2oc2ccc(C#N)cc23)[n+](C)cc1C([2H])([2H])[2H]. The molecule has 3 nitrogen and oxygen atoms in total. The second-order valence-electron chi connectivity index (χ2n) is 5.89. The Balaban J connectivity index is 2.06. The maximum Gasteiger partial charge on any atom is 0.216 e. The summed E-state index contributed by atoms with van der Waals surface area (Å²) in [6, 6.07) is 12.9. The molecule has 0 radical (unpaired) electrons. The third-order valence-corrected chi connectivity index (χ3v) is 4.30. The van der Waals surface area contributed by atoms with Crippen LogP contribution in [0.2, 0.25) is 0 Å². The Labute approximate surface area is 146 Å². The first-order chi connectivity index (χ1) is 13.2. The molecule has 4 aromatic rings. The number of aromatic nitrogens is 1. The molecule has 2 heterocycles. The molecule has 0 N–H and O–H groups in total. The van der Waals surface area contributed by atoms with Gasteiger partial charge in [0.15, 0.2) is 6.20 Å². The Hall–Kier alpha value is -3.12. The molecule has 0 aliphatic rings. The highest BCUT2D eigenvalue weighted by Gasteiger charge is 2.20. The smallest absolute Gasteiger partial charge is 0.216 e. The van der Waals surface area contributed by atoms with Crippen molar-refractivity contribution in [3.8, 4) is 17.3 Å². The minimum atomic E-state index is -2.35. The van der Waals surface area contributed by atoms with Gasteiger partial charge in [0.05, 0.1) is 18.6 Å². The molecular formula is C21H17N2O+. The Morgan fingerprint density at radius 2 is 2.08 bits per heavy atom. The molecule has 0 saturated carbocycles. The summed E-state index contributed by atoms with van der Waals surface area (Å²) in [5, 5.41) is 10.9.